The van der Waals surface area contributed by atoms with Gasteiger partial charge in [0.25, 0.3) is 0 Å². The van der Waals surface area contributed by atoms with Crippen LogP contribution in [0.1, 0.15) is 40.0 Å². The molecule has 0 unspecified atom stereocenters. The highest BCUT2D eigenvalue weighted by atomic mass is 14.1. The van der Waals surface area contributed by atoms with Gasteiger partial charge in [0.1, 0.15) is 0 Å². The normalized spacial score (nSPS) is 16.3. The molecule has 0 bridgehead atoms. The van der Waals surface area contributed by atoms with Crippen LogP contribution >= 0.6 is 0 Å². The van der Waals surface area contributed by atoms with E-state index < -0.39 is 0 Å². The molecule has 0 spiro atoms. The summed E-state index contributed by atoms with van der Waals surface area (Å²) in [5.74, 6) is 1.71. The van der Waals surface area contributed by atoms with Crippen molar-refractivity contribution < 1.29 is 0 Å². The van der Waals surface area contributed by atoms with E-state index >= 15 is 0 Å². The zero-order valence-electron chi connectivity index (χ0n) is 7.56. The van der Waals surface area contributed by atoms with E-state index in [0.717, 1.165) is 11.8 Å². The predicted molar refractivity (Wildman–Crippen MR) is 48.1 cm³/mol. The van der Waals surface area contributed by atoms with Crippen molar-refractivity contribution in [1.29, 1.82) is 0 Å². The molecule has 0 aliphatic heterocycles. The van der Waals surface area contributed by atoms with Gasteiger partial charge in [-0.2, -0.15) is 0 Å². The summed E-state index contributed by atoms with van der Waals surface area (Å²) >= 11 is 0. The molecular formula is C10H20. The van der Waals surface area contributed by atoms with Crippen LogP contribution in [0.25, 0.3) is 0 Å². The van der Waals surface area contributed by atoms with Crippen LogP contribution in [0.5, 0.6) is 0 Å². The topological polar surface area (TPSA) is 0 Å². The Morgan fingerprint density at radius 2 is 1.90 bits per heavy atom. The predicted octanol–water partition coefficient (Wildman–Crippen LogP) is 3.63. The van der Waals surface area contributed by atoms with Crippen molar-refractivity contribution in [2.24, 2.45) is 11.8 Å². The molecular weight excluding hydrogens is 120 g/mol. The van der Waals surface area contributed by atoms with Crippen molar-refractivity contribution in [3.8, 4) is 0 Å². The minimum absolute atomic E-state index is 0.826. The third-order valence-electron chi connectivity index (χ3n) is 2.07. The van der Waals surface area contributed by atoms with Crippen LogP contribution in [0.15, 0.2) is 12.7 Å². The quantitative estimate of drug-likeness (QED) is 0.511. The highest BCUT2D eigenvalue weighted by molar-refractivity contribution is 4.71. The Hall–Kier alpha value is -0.260. The molecule has 0 radical (unpaired) electrons. The van der Waals surface area contributed by atoms with Crippen molar-refractivity contribution in [3.63, 3.8) is 0 Å². The first-order chi connectivity index (χ1) is 4.70. The lowest BCUT2D eigenvalue weighted by Crippen LogP contribution is -2.00. The summed E-state index contributed by atoms with van der Waals surface area (Å²) in [5, 5.41) is 0. The van der Waals surface area contributed by atoms with Crippen molar-refractivity contribution in [1.82, 2.24) is 0 Å². The average Bonchev–Trinajstić information content (AvgIpc) is 1.88. The van der Waals surface area contributed by atoms with Crippen molar-refractivity contribution >= 4 is 0 Å². The SMILES string of the molecule is C=CC[C@H](C)C[C@@H](C)CC. The smallest absolute Gasteiger partial charge is 0.0327 e. The van der Waals surface area contributed by atoms with Gasteiger partial charge in [0.2, 0.25) is 0 Å². The average molecular weight is 140 g/mol. The van der Waals surface area contributed by atoms with Gasteiger partial charge in [-0.05, 0) is 24.7 Å². The summed E-state index contributed by atoms with van der Waals surface area (Å²) in [4.78, 5) is 0. The van der Waals surface area contributed by atoms with Crippen LogP contribution in [-0.4, -0.2) is 0 Å². The summed E-state index contributed by atoms with van der Waals surface area (Å²) in [7, 11) is 0. The van der Waals surface area contributed by atoms with Gasteiger partial charge in [-0.3, -0.25) is 0 Å². The fraction of sp³-hybridized carbons (Fsp3) is 0.800. The first-order valence-corrected chi connectivity index (χ1v) is 4.31. The van der Waals surface area contributed by atoms with E-state index in [0.29, 0.717) is 0 Å². The van der Waals surface area contributed by atoms with E-state index in [1.54, 1.807) is 0 Å². The molecule has 0 aliphatic rings. The van der Waals surface area contributed by atoms with Gasteiger partial charge in [-0.25, -0.2) is 0 Å². The lowest BCUT2D eigenvalue weighted by Gasteiger charge is -2.13. The van der Waals surface area contributed by atoms with E-state index in [1.165, 1.54) is 19.3 Å². The molecule has 0 N–H and O–H groups in total. The van der Waals surface area contributed by atoms with Gasteiger partial charge in [-0.15, -0.1) is 6.58 Å². The van der Waals surface area contributed by atoms with Crippen LogP contribution in [-0.2, 0) is 0 Å². The number of hydrogen-bond acceptors (Lipinski definition) is 0. The summed E-state index contributed by atoms with van der Waals surface area (Å²) in [6, 6.07) is 0. The molecule has 0 rings (SSSR count). The van der Waals surface area contributed by atoms with Crippen LogP contribution in [0, 0.1) is 11.8 Å². The Morgan fingerprint density at radius 3 is 2.30 bits per heavy atom. The first kappa shape index (κ1) is 9.74. The van der Waals surface area contributed by atoms with Crippen molar-refractivity contribution in [3.05, 3.63) is 12.7 Å². The van der Waals surface area contributed by atoms with E-state index in [9.17, 15) is 0 Å². The maximum atomic E-state index is 3.73. The minimum atomic E-state index is 0.826. The number of allylic oxidation sites excluding steroid dienone is 1. The Bertz CT molecular complexity index is 84.0. The third kappa shape index (κ3) is 4.60. The lowest BCUT2D eigenvalue weighted by atomic mass is 9.93. The molecule has 0 nitrogen and oxygen atoms in total. The highest BCUT2D eigenvalue weighted by Crippen LogP contribution is 2.17. The van der Waals surface area contributed by atoms with Crippen LogP contribution in [0.3, 0.4) is 0 Å². The standard InChI is InChI=1S/C10H20/c1-5-7-10(4)8-9(3)6-2/h5,9-10H,1,6-8H2,2-4H3/t9-,10-/m0/s1. The Balaban J connectivity index is 3.35. The molecule has 60 valence electrons. The van der Waals surface area contributed by atoms with E-state index in [2.05, 4.69) is 27.4 Å². The molecule has 0 heteroatoms. The summed E-state index contributed by atoms with van der Waals surface area (Å²) in [6.07, 6.45) is 5.85. The molecule has 0 aliphatic carbocycles. The molecule has 0 heterocycles. The lowest BCUT2D eigenvalue weighted by molar-refractivity contribution is 0.408. The van der Waals surface area contributed by atoms with Gasteiger partial charge in [0, 0.05) is 0 Å². The second kappa shape index (κ2) is 5.52. The molecule has 2 atom stereocenters. The fourth-order valence-electron chi connectivity index (χ4n) is 1.23. The van der Waals surface area contributed by atoms with Gasteiger partial charge in [0.05, 0.1) is 0 Å². The zero-order valence-corrected chi connectivity index (χ0v) is 7.56. The molecule has 0 fully saturated rings. The fourth-order valence-corrected chi connectivity index (χ4v) is 1.23. The van der Waals surface area contributed by atoms with Crippen LogP contribution in [0.2, 0.25) is 0 Å². The third-order valence-corrected chi connectivity index (χ3v) is 2.07. The van der Waals surface area contributed by atoms with E-state index in [-0.39, 0.29) is 0 Å². The molecule has 10 heavy (non-hydrogen) atoms. The summed E-state index contributed by atoms with van der Waals surface area (Å²) < 4.78 is 0. The Kier molecular flexibility index (Phi) is 5.38. The van der Waals surface area contributed by atoms with Gasteiger partial charge < -0.3 is 0 Å². The first-order valence-electron chi connectivity index (χ1n) is 4.31. The van der Waals surface area contributed by atoms with Gasteiger partial charge in [-0.1, -0.05) is 33.3 Å². The minimum Gasteiger partial charge on any atom is -0.103 e. The van der Waals surface area contributed by atoms with E-state index in [1.807, 2.05) is 6.08 Å². The van der Waals surface area contributed by atoms with Crippen molar-refractivity contribution in [2.45, 2.75) is 40.0 Å². The molecule has 0 aromatic rings. The van der Waals surface area contributed by atoms with Crippen LogP contribution in [0.4, 0.5) is 0 Å². The number of rotatable bonds is 5. The molecule has 0 amide bonds. The van der Waals surface area contributed by atoms with Crippen molar-refractivity contribution in [2.75, 3.05) is 0 Å². The molecule has 0 aromatic heterocycles. The Labute approximate surface area is 65.3 Å². The maximum absolute atomic E-state index is 3.73. The molecule has 0 saturated carbocycles. The second-order valence-corrected chi connectivity index (χ2v) is 3.38. The highest BCUT2D eigenvalue weighted by Gasteiger charge is 2.04. The monoisotopic (exact) mass is 140 g/mol. The molecule has 0 aromatic carbocycles. The van der Waals surface area contributed by atoms with E-state index in [4.69, 9.17) is 0 Å². The maximum Gasteiger partial charge on any atom is -0.0327 e. The van der Waals surface area contributed by atoms with Gasteiger partial charge in [0.15, 0.2) is 0 Å². The second-order valence-electron chi connectivity index (χ2n) is 3.38. The van der Waals surface area contributed by atoms with Crippen LogP contribution < -0.4 is 0 Å². The van der Waals surface area contributed by atoms with Gasteiger partial charge >= 0.3 is 0 Å². The zero-order chi connectivity index (χ0) is 7.98. The summed E-state index contributed by atoms with van der Waals surface area (Å²) in [6.45, 7) is 10.6. The molecule has 0 saturated heterocycles. The number of hydrogen-bond donors (Lipinski definition) is 0. The Morgan fingerprint density at radius 1 is 1.30 bits per heavy atom. The largest absolute Gasteiger partial charge is 0.103 e. The summed E-state index contributed by atoms with van der Waals surface area (Å²) in [5.41, 5.74) is 0.